The summed E-state index contributed by atoms with van der Waals surface area (Å²) in [4.78, 5) is 32.6. The number of hydrogen-bond acceptors (Lipinski definition) is 4. The third kappa shape index (κ3) is 4.47. The third-order valence-corrected chi connectivity index (χ3v) is 5.04. The van der Waals surface area contributed by atoms with E-state index in [9.17, 15) is 27.2 Å². The molecule has 1 amide bonds. The molecule has 0 saturated carbocycles. The molecule has 1 aromatic heterocycles. The molecule has 2 N–H and O–H groups in total. The van der Waals surface area contributed by atoms with E-state index in [4.69, 9.17) is 4.74 Å². The Kier molecular flexibility index (Phi) is 6.31. The number of nitrogens with one attached hydrogen (secondary N) is 2. The van der Waals surface area contributed by atoms with Crippen LogP contribution in [0.2, 0.25) is 0 Å². The number of carbonyl (C=O) groups is 2. The smallest absolute Gasteiger partial charge is 0.338 e. The highest BCUT2D eigenvalue weighted by Crippen LogP contribution is 2.25. The van der Waals surface area contributed by atoms with Crippen LogP contribution >= 0.6 is 0 Å². The van der Waals surface area contributed by atoms with Gasteiger partial charge in [0.05, 0.1) is 16.6 Å². The molecule has 6 nitrogen and oxygen atoms in total. The SMILES string of the molecule is CCC(OC(=O)c1ccc2nc(-c3ccccc3)[nH]c2c1)C(=O)Nc1c(F)c(F)cc(F)c1F. The number of fused-ring (bicyclic) bond motifs is 1. The molecule has 1 unspecified atom stereocenters. The Morgan fingerprint density at radius 2 is 1.68 bits per heavy atom. The minimum Gasteiger partial charge on any atom is -0.449 e. The van der Waals surface area contributed by atoms with Gasteiger partial charge in [-0.25, -0.2) is 27.3 Å². The number of rotatable bonds is 6. The van der Waals surface area contributed by atoms with Crippen molar-refractivity contribution in [2.75, 3.05) is 5.32 Å². The highest BCUT2D eigenvalue weighted by Gasteiger charge is 2.27. The average molecular weight is 471 g/mol. The first-order valence-electron chi connectivity index (χ1n) is 10.2. The lowest BCUT2D eigenvalue weighted by Crippen LogP contribution is -2.33. The molecule has 1 heterocycles. The molecule has 0 radical (unpaired) electrons. The van der Waals surface area contributed by atoms with Crippen molar-refractivity contribution in [1.82, 2.24) is 9.97 Å². The minimum absolute atomic E-state index is 0.0203. The van der Waals surface area contributed by atoms with Crippen molar-refractivity contribution in [3.63, 3.8) is 0 Å². The summed E-state index contributed by atoms with van der Waals surface area (Å²) in [5.74, 6) is -8.33. The maximum atomic E-state index is 13.9. The molecule has 0 bridgehead atoms. The van der Waals surface area contributed by atoms with Gasteiger partial charge in [0.15, 0.2) is 29.4 Å². The second-order valence-corrected chi connectivity index (χ2v) is 7.32. The van der Waals surface area contributed by atoms with Crippen molar-refractivity contribution in [1.29, 1.82) is 0 Å². The fourth-order valence-electron chi connectivity index (χ4n) is 3.28. The summed E-state index contributed by atoms with van der Waals surface area (Å²) in [7, 11) is 0. The summed E-state index contributed by atoms with van der Waals surface area (Å²) < 4.78 is 59.7. The van der Waals surface area contributed by atoms with Gasteiger partial charge in [-0.15, -0.1) is 0 Å². The summed E-state index contributed by atoms with van der Waals surface area (Å²) in [6.07, 6.45) is -1.54. The number of nitrogens with zero attached hydrogens (tertiary/aromatic N) is 1. The number of imidazole rings is 1. The molecule has 4 aromatic rings. The van der Waals surface area contributed by atoms with Gasteiger partial charge >= 0.3 is 5.97 Å². The Morgan fingerprint density at radius 3 is 2.32 bits per heavy atom. The number of H-pyrrole nitrogens is 1. The highest BCUT2D eigenvalue weighted by molar-refractivity contribution is 5.99. The second-order valence-electron chi connectivity index (χ2n) is 7.32. The van der Waals surface area contributed by atoms with E-state index in [1.165, 1.54) is 19.1 Å². The molecule has 0 aliphatic heterocycles. The van der Waals surface area contributed by atoms with Gasteiger partial charge in [0.25, 0.3) is 5.91 Å². The number of amides is 1. The molecule has 0 fully saturated rings. The number of anilines is 1. The zero-order valence-electron chi connectivity index (χ0n) is 17.7. The molecule has 0 aliphatic rings. The van der Waals surface area contributed by atoms with Crippen LogP contribution in [0.5, 0.6) is 0 Å². The van der Waals surface area contributed by atoms with Crippen LogP contribution in [0.1, 0.15) is 23.7 Å². The normalized spacial score (nSPS) is 11.9. The fourth-order valence-corrected chi connectivity index (χ4v) is 3.28. The molecular weight excluding hydrogens is 454 g/mol. The lowest BCUT2D eigenvalue weighted by molar-refractivity contribution is -0.124. The summed E-state index contributed by atoms with van der Waals surface area (Å²) >= 11 is 0. The average Bonchev–Trinajstić information content (AvgIpc) is 3.27. The zero-order chi connectivity index (χ0) is 24.4. The minimum atomic E-state index is -1.77. The van der Waals surface area contributed by atoms with Crippen molar-refractivity contribution in [3.05, 3.63) is 83.4 Å². The van der Waals surface area contributed by atoms with Gasteiger partial charge in [-0.2, -0.15) is 0 Å². The van der Waals surface area contributed by atoms with E-state index in [0.717, 1.165) is 5.56 Å². The molecule has 0 saturated heterocycles. The first kappa shape index (κ1) is 23.0. The quantitative estimate of drug-likeness (QED) is 0.225. The van der Waals surface area contributed by atoms with Crippen LogP contribution in [0.4, 0.5) is 23.2 Å². The number of esters is 1. The van der Waals surface area contributed by atoms with Gasteiger partial charge in [0, 0.05) is 11.6 Å². The van der Waals surface area contributed by atoms with Gasteiger partial charge in [-0.1, -0.05) is 37.3 Å². The lowest BCUT2D eigenvalue weighted by atomic mass is 10.2. The van der Waals surface area contributed by atoms with Crippen molar-refractivity contribution < 1.29 is 31.9 Å². The van der Waals surface area contributed by atoms with E-state index in [0.29, 0.717) is 16.9 Å². The van der Waals surface area contributed by atoms with Gasteiger partial charge in [-0.3, -0.25) is 4.79 Å². The van der Waals surface area contributed by atoms with Gasteiger partial charge in [0.1, 0.15) is 11.5 Å². The molecule has 10 heteroatoms. The van der Waals surface area contributed by atoms with E-state index >= 15 is 0 Å². The summed E-state index contributed by atoms with van der Waals surface area (Å²) in [5.41, 5.74) is 0.781. The van der Waals surface area contributed by atoms with Crippen LogP contribution in [-0.4, -0.2) is 27.9 Å². The Morgan fingerprint density at radius 1 is 1.00 bits per heavy atom. The first-order chi connectivity index (χ1) is 16.3. The molecule has 4 rings (SSSR count). The van der Waals surface area contributed by atoms with Crippen LogP contribution in [-0.2, 0) is 9.53 Å². The van der Waals surface area contributed by atoms with Crippen LogP contribution < -0.4 is 5.32 Å². The Balaban J connectivity index is 1.52. The standard InChI is InChI=1S/C24H17F4N3O3/c1-2-18(23(32)31-21-19(27)14(25)11-15(26)20(21)28)34-24(33)13-8-9-16-17(10-13)30-22(29-16)12-6-4-3-5-7-12/h3-11,18H,2H2,1H3,(H,29,30)(H,31,32). The van der Waals surface area contributed by atoms with Crippen molar-refractivity contribution in [3.8, 4) is 11.4 Å². The van der Waals surface area contributed by atoms with Crippen molar-refractivity contribution in [2.24, 2.45) is 0 Å². The Hall–Kier alpha value is -4.21. The second kappa shape index (κ2) is 9.34. The van der Waals surface area contributed by atoms with E-state index in [1.807, 2.05) is 30.3 Å². The van der Waals surface area contributed by atoms with Crippen LogP contribution in [0.3, 0.4) is 0 Å². The highest BCUT2D eigenvalue weighted by atomic mass is 19.2. The number of ether oxygens (including phenoxy) is 1. The predicted molar refractivity (Wildman–Crippen MR) is 116 cm³/mol. The van der Waals surface area contributed by atoms with Crippen molar-refractivity contribution >= 4 is 28.6 Å². The number of aromatic amines is 1. The third-order valence-electron chi connectivity index (χ3n) is 5.04. The largest absolute Gasteiger partial charge is 0.449 e. The molecule has 34 heavy (non-hydrogen) atoms. The van der Waals surface area contributed by atoms with Gasteiger partial charge in [-0.05, 0) is 24.6 Å². The number of hydrogen-bond donors (Lipinski definition) is 2. The molecule has 1 atom stereocenters. The zero-order valence-corrected chi connectivity index (χ0v) is 17.7. The molecule has 0 aliphatic carbocycles. The molecular formula is C24H17F4N3O3. The number of benzene rings is 3. The maximum Gasteiger partial charge on any atom is 0.338 e. The summed E-state index contributed by atoms with van der Waals surface area (Å²) in [5, 5.41) is 1.76. The molecule has 0 spiro atoms. The first-order valence-corrected chi connectivity index (χ1v) is 10.2. The van der Waals surface area contributed by atoms with E-state index in [-0.39, 0.29) is 18.1 Å². The lowest BCUT2D eigenvalue weighted by Gasteiger charge is -2.17. The Labute approximate surface area is 190 Å². The van der Waals surface area contributed by atoms with Crippen LogP contribution in [0.25, 0.3) is 22.4 Å². The topological polar surface area (TPSA) is 84.1 Å². The van der Waals surface area contributed by atoms with Gasteiger partial charge < -0.3 is 15.0 Å². The van der Waals surface area contributed by atoms with E-state index in [2.05, 4.69) is 9.97 Å². The summed E-state index contributed by atoms with van der Waals surface area (Å²) in [6, 6.07) is 13.9. The predicted octanol–water partition coefficient (Wildman–Crippen LogP) is 5.36. The molecule has 174 valence electrons. The molecule has 3 aromatic carbocycles. The van der Waals surface area contributed by atoms with Crippen LogP contribution in [0, 0.1) is 23.3 Å². The number of aromatic nitrogens is 2. The van der Waals surface area contributed by atoms with E-state index < -0.39 is 46.9 Å². The maximum absolute atomic E-state index is 13.9. The summed E-state index contributed by atoms with van der Waals surface area (Å²) in [6.45, 7) is 1.49. The van der Waals surface area contributed by atoms with E-state index in [1.54, 1.807) is 11.4 Å². The number of carbonyl (C=O) groups excluding carboxylic acids is 2. The Bertz CT molecular complexity index is 1360. The van der Waals surface area contributed by atoms with Crippen molar-refractivity contribution in [2.45, 2.75) is 19.4 Å². The van der Waals surface area contributed by atoms with Crippen LogP contribution in [0.15, 0.2) is 54.6 Å². The number of halogens is 4. The monoisotopic (exact) mass is 471 g/mol. The van der Waals surface area contributed by atoms with Gasteiger partial charge in [0.2, 0.25) is 0 Å². The fraction of sp³-hybridized carbons (Fsp3) is 0.125.